The lowest BCUT2D eigenvalue weighted by molar-refractivity contribution is 0.0194. The van der Waals surface area contributed by atoms with Crippen LogP contribution in [0.15, 0.2) is 0 Å². The van der Waals surface area contributed by atoms with Gasteiger partial charge in [0.05, 0.1) is 6.61 Å². The molecule has 11 heavy (non-hydrogen) atoms. The summed E-state index contributed by atoms with van der Waals surface area (Å²) < 4.78 is 27.2. The Balaban J connectivity index is 2.97. The van der Waals surface area contributed by atoms with Crippen LogP contribution >= 0.6 is 0 Å². The number of hydrogen-bond acceptors (Lipinski definition) is 2. The molecule has 0 aliphatic carbocycles. The smallest absolute Gasteiger partial charge is 0.312 e. The monoisotopic (exact) mass is 168 g/mol. The van der Waals surface area contributed by atoms with Crippen LogP contribution in [-0.4, -0.2) is 32.2 Å². The van der Waals surface area contributed by atoms with Crippen molar-refractivity contribution in [2.24, 2.45) is 5.73 Å². The van der Waals surface area contributed by atoms with Gasteiger partial charge in [0.1, 0.15) is 6.61 Å². The number of carbonyl (C=O) groups is 1. The maximum atomic E-state index is 11.4. The molecular weight excluding hydrogens is 158 g/mol. The van der Waals surface area contributed by atoms with Crippen molar-refractivity contribution < 1.29 is 18.3 Å². The number of carbonyl (C=O) groups excluding carboxylic acids is 1. The van der Waals surface area contributed by atoms with Gasteiger partial charge in [-0.1, -0.05) is 0 Å². The van der Waals surface area contributed by atoms with Crippen molar-refractivity contribution in [2.45, 2.75) is 6.43 Å². The number of ether oxygens (including phenoxy) is 1. The summed E-state index contributed by atoms with van der Waals surface area (Å²) in [4.78, 5) is 10.0. The highest BCUT2D eigenvalue weighted by molar-refractivity contribution is 5.71. The van der Waals surface area contributed by atoms with Crippen molar-refractivity contribution in [3.05, 3.63) is 0 Å². The SMILES string of the molecule is NC(=O)NCCOCC(F)F. The largest absolute Gasteiger partial charge is 0.374 e. The molecule has 0 bridgehead atoms. The van der Waals surface area contributed by atoms with Crippen LogP contribution < -0.4 is 11.1 Å². The first-order valence-corrected chi connectivity index (χ1v) is 3.02. The molecular formula is C5H10F2N2O2. The van der Waals surface area contributed by atoms with Crippen LogP contribution in [0.25, 0.3) is 0 Å². The Morgan fingerprint density at radius 2 is 2.27 bits per heavy atom. The second-order valence-corrected chi connectivity index (χ2v) is 1.76. The van der Waals surface area contributed by atoms with Gasteiger partial charge in [-0.05, 0) is 0 Å². The topological polar surface area (TPSA) is 64.4 Å². The summed E-state index contributed by atoms with van der Waals surface area (Å²) in [5.41, 5.74) is 4.68. The zero-order valence-electron chi connectivity index (χ0n) is 5.85. The lowest BCUT2D eigenvalue weighted by Gasteiger charge is -2.02. The van der Waals surface area contributed by atoms with Gasteiger partial charge >= 0.3 is 6.03 Å². The Bertz CT molecular complexity index is 121. The van der Waals surface area contributed by atoms with Crippen molar-refractivity contribution in [1.29, 1.82) is 0 Å². The molecule has 0 rings (SSSR count). The third-order valence-corrected chi connectivity index (χ3v) is 0.789. The number of nitrogens with one attached hydrogen (secondary N) is 1. The molecule has 4 nitrogen and oxygen atoms in total. The fourth-order valence-electron chi connectivity index (χ4n) is 0.419. The molecule has 0 aromatic rings. The first kappa shape index (κ1) is 10.1. The van der Waals surface area contributed by atoms with Gasteiger partial charge in [0.25, 0.3) is 6.43 Å². The molecule has 0 spiro atoms. The van der Waals surface area contributed by atoms with E-state index in [9.17, 15) is 13.6 Å². The van der Waals surface area contributed by atoms with Crippen molar-refractivity contribution >= 4 is 6.03 Å². The fraction of sp³-hybridized carbons (Fsp3) is 0.800. The normalized spacial score (nSPS) is 10.1. The zero-order chi connectivity index (χ0) is 8.69. The van der Waals surface area contributed by atoms with E-state index in [-0.39, 0.29) is 13.2 Å². The Hall–Kier alpha value is -0.910. The second kappa shape index (κ2) is 5.84. The van der Waals surface area contributed by atoms with Gasteiger partial charge < -0.3 is 15.8 Å². The molecule has 0 saturated heterocycles. The van der Waals surface area contributed by atoms with E-state index in [1.807, 2.05) is 0 Å². The Labute approximate surface area is 62.7 Å². The van der Waals surface area contributed by atoms with E-state index >= 15 is 0 Å². The van der Waals surface area contributed by atoms with E-state index in [0.29, 0.717) is 0 Å². The van der Waals surface area contributed by atoms with Crippen molar-refractivity contribution in [2.75, 3.05) is 19.8 Å². The molecule has 0 aliphatic rings. The molecule has 6 heteroatoms. The van der Waals surface area contributed by atoms with Gasteiger partial charge in [-0.15, -0.1) is 0 Å². The predicted octanol–water partition coefficient (Wildman–Crippen LogP) is -0.0636. The number of urea groups is 1. The van der Waals surface area contributed by atoms with Crippen LogP contribution in [0.3, 0.4) is 0 Å². The summed E-state index contributed by atoms with van der Waals surface area (Å²) >= 11 is 0. The molecule has 0 aliphatic heterocycles. The lowest BCUT2D eigenvalue weighted by Crippen LogP contribution is -2.32. The average Bonchev–Trinajstić information content (AvgIpc) is 1.85. The number of rotatable bonds is 5. The fourth-order valence-corrected chi connectivity index (χ4v) is 0.419. The van der Waals surface area contributed by atoms with Crippen molar-refractivity contribution in [1.82, 2.24) is 5.32 Å². The Kier molecular flexibility index (Phi) is 5.36. The second-order valence-electron chi connectivity index (χ2n) is 1.76. The van der Waals surface area contributed by atoms with E-state index in [1.54, 1.807) is 0 Å². The molecule has 0 aromatic carbocycles. The van der Waals surface area contributed by atoms with Crippen LogP contribution in [0.4, 0.5) is 13.6 Å². The predicted molar refractivity (Wildman–Crippen MR) is 34.4 cm³/mol. The molecule has 2 amide bonds. The van der Waals surface area contributed by atoms with Crippen LogP contribution in [0, 0.1) is 0 Å². The van der Waals surface area contributed by atoms with E-state index in [0.717, 1.165) is 0 Å². The van der Waals surface area contributed by atoms with Crippen LogP contribution in [0.5, 0.6) is 0 Å². The van der Waals surface area contributed by atoms with E-state index < -0.39 is 19.1 Å². The minimum atomic E-state index is -2.47. The molecule has 0 fully saturated rings. The summed E-state index contributed by atoms with van der Waals surface area (Å²) in [5, 5.41) is 2.19. The summed E-state index contributed by atoms with van der Waals surface area (Å²) in [6, 6.07) is -0.689. The lowest BCUT2D eigenvalue weighted by atomic mass is 10.6. The Morgan fingerprint density at radius 3 is 2.73 bits per heavy atom. The van der Waals surface area contributed by atoms with Crippen LogP contribution in [0.2, 0.25) is 0 Å². The van der Waals surface area contributed by atoms with E-state index in [1.165, 1.54) is 0 Å². The number of alkyl halides is 2. The molecule has 66 valence electrons. The molecule has 0 radical (unpaired) electrons. The summed E-state index contributed by atoms with van der Waals surface area (Å²) in [6.45, 7) is -0.407. The van der Waals surface area contributed by atoms with Crippen LogP contribution in [-0.2, 0) is 4.74 Å². The average molecular weight is 168 g/mol. The van der Waals surface area contributed by atoms with E-state index in [2.05, 4.69) is 15.8 Å². The van der Waals surface area contributed by atoms with Crippen molar-refractivity contribution in [3.8, 4) is 0 Å². The highest BCUT2D eigenvalue weighted by atomic mass is 19.3. The third-order valence-electron chi connectivity index (χ3n) is 0.789. The molecule has 0 saturated carbocycles. The quantitative estimate of drug-likeness (QED) is 0.564. The highest BCUT2D eigenvalue weighted by Crippen LogP contribution is 1.90. The molecule has 0 unspecified atom stereocenters. The maximum Gasteiger partial charge on any atom is 0.312 e. The number of hydrogen-bond donors (Lipinski definition) is 2. The van der Waals surface area contributed by atoms with E-state index in [4.69, 9.17) is 0 Å². The molecule has 0 heterocycles. The molecule has 0 atom stereocenters. The summed E-state index contributed by atoms with van der Waals surface area (Å²) in [7, 11) is 0. The first-order chi connectivity index (χ1) is 5.13. The van der Waals surface area contributed by atoms with Crippen LogP contribution in [0.1, 0.15) is 0 Å². The minimum absolute atomic E-state index is 0.0489. The van der Waals surface area contributed by atoms with Gasteiger partial charge in [0.15, 0.2) is 0 Å². The highest BCUT2D eigenvalue weighted by Gasteiger charge is 2.00. The third kappa shape index (κ3) is 9.09. The number of halogens is 2. The minimum Gasteiger partial charge on any atom is -0.374 e. The molecule has 3 N–H and O–H groups in total. The van der Waals surface area contributed by atoms with Gasteiger partial charge in [-0.2, -0.15) is 0 Å². The number of primary amides is 1. The zero-order valence-corrected chi connectivity index (χ0v) is 5.85. The standard InChI is InChI=1S/C5H10F2N2O2/c6-4(7)3-11-2-1-9-5(8)10/h4H,1-3H2,(H3,8,9,10). The summed E-state index contributed by atoms with van der Waals surface area (Å²) in [5.74, 6) is 0. The maximum absolute atomic E-state index is 11.4. The Morgan fingerprint density at radius 1 is 1.64 bits per heavy atom. The number of nitrogens with two attached hydrogens (primary N) is 1. The van der Waals surface area contributed by atoms with Gasteiger partial charge in [0.2, 0.25) is 0 Å². The summed E-state index contributed by atoms with van der Waals surface area (Å²) in [6.07, 6.45) is -2.47. The van der Waals surface area contributed by atoms with Gasteiger partial charge in [0, 0.05) is 6.54 Å². The van der Waals surface area contributed by atoms with Gasteiger partial charge in [-0.3, -0.25) is 0 Å². The first-order valence-electron chi connectivity index (χ1n) is 3.02. The number of amides is 2. The molecule has 0 aromatic heterocycles. The van der Waals surface area contributed by atoms with Gasteiger partial charge in [-0.25, -0.2) is 13.6 Å². The van der Waals surface area contributed by atoms with Crippen molar-refractivity contribution in [3.63, 3.8) is 0 Å².